The fourth-order valence-electron chi connectivity index (χ4n) is 4.77. The van der Waals surface area contributed by atoms with Crippen LogP contribution >= 0.6 is 15.9 Å². The minimum atomic E-state index is -0.802. The predicted molar refractivity (Wildman–Crippen MR) is 145 cm³/mol. The van der Waals surface area contributed by atoms with E-state index in [1.54, 1.807) is 24.3 Å². The third-order valence-electron chi connectivity index (χ3n) is 6.86. The molecule has 2 aromatic rings. The summed E-state index contributed by atoms with van der Waals surface area (Å²) < 4.78 is 21.2. The lowest BCUT2D eigenvalue weighted by Crippen LogP contribution is -2.22. The number of carboxylic acids is 1. The van der Waals surface area contributed by atoms with E-state index >= 15 is 0 Å². The Balaban J connectivity index is 1.64. The van der Waals surface area contributed by atoms with Crippen molar-refractivity contribution in [1.29, 1.82) is 0 Å². The molecule has 0 bridgehead atoms. The molecule has 37 heavy (non-hydrogen) atoms. The van der Waals surface area contributed by atoms with Crippen molar-refractivity contribution in [2.75, 3.05) is 0 Å². The maximum absolute atomic E-state index is 13.9. The van der Waals surface area contributed by atoms with Gasteiger partial charge in [0, 0.05) is 23.2 Å². The largest absolute Gasteiger partial charge is 0.481 e. The minimum absolute atomic E-state index is 0.0880. The number of hydrogen-bond donors (Lipinski definition) is 3. The van der Waals surface area contributed by atoms with Gasteiger partial charge in [-0.05, 0) is 61.3 Å². The average molecular weight is 576 g/mol. The van der Waals surface area contributed by atoms with E-state index in [9.17, 15) is 19.4 Å². The molecule has 1 aliphatic carbocycles. The van der Waals surface area contributed by atoms with Gasteiger partial charge in [0.25, 0.3) is 0 Å². The quantitative estimate of drug-likeness (QED) is 0.184. The number of carbonyl (C=O) groups is 1. The fraction of sp³-hybridized carbons (Fsp3) is 0.433. The molecule has 3 rings (SSSR count). The van der Waals surface area contributed by atoms with Crippen molar-refractivity contribution in [3.8, 4) is 0 Å². The second-order valence-electron chi connectivity index (χ2n) is 9.56. The summed E-state index contributed by atoms with van der Waals surface area (Å²) in [6, 6.07) is 14.4. The van der Waals surface area contributed by atoms with Crippen molar-refractivity contribution in [2.24, 2.45) is 11.8 Å². The molecular formula is C30H36BrFO5. The molecule has 3 N–H and O–H groups in total. The Labute approximate surface area is 226 Å². The van der Waals surface area contributed by atoms with E-state index in [1.165, 1.54) is 6.07 Å². The molecule has 0 heterocycles. The molecule has 0 radical (unpaired) electrons. The summed E-state index contributed by atoms with van der Waals surface area (Å²) in [6.45, 7) is 0.400. The first-order chi connectivity index (χ1) is 17.8. The Bertz CT molecular complexity index is 1060. The number of aliphatic hydroxyl groups excluding tert-OH is 2. The standard InChI is InChI=1S/C30H36BrFO5/c31-26-12-7-5-10-22(26)20-37-29-19-28(34)24(11-3-1-2-4-14-30(35)36)25(29)18-17-23(33)16-15-21-9-6-8-13-27(21)32/h1,3,5-10,12-13,17-18,23-25,28-29,33-34H,2,4,11,14-16,19-20H2,(H,35,36)/t23-,24+,25+,28-,29+/m0/s1. The van der Waals surface area contributed by atoms with Gasteiger partial charge in [-0.3, -0.25) is 4.79 Å². The van der Waals surface area contributed by atoms with E-state index in [0.29, 0.717) is 50.7 Å². The Kier molecular flexibility index (Phi) is 12.0. The number of halogens is 2. The number of ether oxygens (including phenoxy) is 1. The molecule has 1 saturated carbocycles. The molecule has 0 amide bonds. The molecule has 0 unspecified atom stereocenters. The van der Waals surface area contributed by atoms with Gasteiger partial charge in [-0.25, -0.2) is 4.39 Å². The Morgan fingerprint density at radius 2 is 1.86 bits per heavy atom. The van der Waals surface area contributed by atoms with E-state index in [1.807, 2.05) is 42.5 Å². The van der Waals surface area contributed by atoms with Gasteiger partial charge in [0.05, 0.1) is 24.9 Å². The molecule has 0 spiro atoms. The van der Waals surface area contributed by atoms with Gasteiger partial charge >= 0.3 is 5.97 Å². The minimum Gasteiger partial charge on any atom is -0.481 e. The smallest absolute Gasteiger partial charge is 0.303 e. The summed E-state index contributed by atoms with van der Waals surface area (Å²) in [5.41, 5.74) is 1.60. The summed E-state index contributed by atoms with van der Waals surface area (Å²) in [4.78, 5) is 10.7. The molecule has 7 heteroatoms. The molecule has 1 aliphatic rings. The molecular weight excluding hydrogens is 539 g/mol. The number of aryl methyl sites for hydroxylation is 1. The maximum atomic E-state index is 13.9. The third-order valence-corrected chi connectivity index (χ3v) is 7.64. The highest BCUT2D eigenvalue weighted by Crippen LogP contribution is 2.39. The van der Waals surface area contributed by atoms with Gasteiger partial charge in [0.2, 0.25) is 0 Å². The summed E-state index contributed by atoms with van der Waals surface area (Å²) in [5, 5.41) is 30.2. The lowest BCUT2D eigenvalue weighted by atomic mass is 9.89. The Hall–Kier alpha value is -2.32. The second-order valence-corrected chi connectivity index (χ2v) is 10.4. The number of benzene rings is 2. The maximum Gasteiger partial charge on any atom is 0.303 e. The zero-order valence-corrected chi connectivity index (χ0v) is 22.5. The van der Waals surface area contributed by atoms with Gasteiger partial charge < -0.3 is 20.1 Å². The molecule has 5 atom stereocenters. The number of allylic oxidation sites excluding steroid dienone is 2. The van der Waals surface area contributed by atoms with E-state index < -0.39 is 18.2 Å². The average Bonchev–Trinajstić information content (AvgIpc) is 3.17. The van der Waals surface area contributed by atoms with Crippen LogP contribution in [0.15, 0.2) is 77.3 Å². The molecule has 0 saturated heterocycles. The van der Waals surface area contributed by atoms with Crippen LogP contribution in [0, 0.1) is 17.7 Å². The van der Waals surface area contributed by atoms with Crippen LogP contribution in [-0.4, -0.2) is 39.6 Å². The van der Waals surface area contributed by atoms with Crippen LogP contribution < -0.4 is 0 Å². The lowest BCUT2D eigenvalue weighted by Gasteiger charge is -2.23. The SMILES string of the molecule is O=C(O)CCCC=CC[C@@H]1[C@@H](C=C[C@@H](O)CCc2ccccc2F)[C@H](OCc2ccccc2Br)C[C@@H]1O. The number of unbranched alkanes of at least 4 members (excludes halogenated alkanes) is 1. The van der Waals surface area contributed by atoms with Crippen LogP contribution in [-0.2, 0) is 22.6 Å². The van der Waals surface area contributed by atoms with Crippen molar-refractivity contribution < 1.29 is 29.2 Å². The zero-order valence-electron chi connectivity index (χ0n) is 20.9. The molecule has 5 nitrogen and oxygen atoms in total. The molecule has 0 aromatic heterocycles. The zero-order chi connectivity index (χ0) is 26.6. The molecule has 0 aliphatic heterocycles. The van der Waals surface area contributed by atoms with Gasteiger partial charge in [0.15, 0.2) is 0 Å². The van der Waals surface area contributed by atoms with Crippen molar-refractivity contribution >= 4 is 21.9 Å². The highest BCUT2D eigenvalue weighted by Gasteiger charge is 2.41. The van der Waals surface area contributed by atoms with Crippen molar-refractivity contribution in [2.45, 2.75) is 69.9 Å². The van der Waals surface area contributed by atoms with Crippen LogP contribution in [0.3, 0.4) is 0 Å². The number of carboxylic acid groups (broad SMARTS) is 1. The van der Waals surface area contributed by atoms with Crippen LogP contribution in [0.2, 0.25) is 0 Å². The number of aliphatic hydroxyl groups is 2. The third kappa shape index (κ3) is 9.49. The Morgan fingerprint density at radius 1 is 1.14 bits per heavy atom. The fourth-order valence-corrected chi connectivity index (χ4v) is 5.17. The summed E-state index contributed by atoms with van der Waals surface area (Å²) in [5.74, 6) is -1.27. The molecule has 2 aromatic carbocycles. The Morgan fingerprint density at radius 3 is 2.59 bits per heavy atom. The summed E-state index contributed by atoms with van der Waals surface area (Å²) >= 11 is 3.55. The molecule has 200 valence electrons. The van der Waals surface area contributed by atoms with Crippen molar-refractivity contribution in [3.63, 3.8) is 0 Å². The van der Waals surface area contributed by atoms with Gasteiger partial charge in [-0.15, -0.1) is 0 Å². The summed E-state index contributed by atoms with van der Waals surface area (Å²) in [6.07, 6.45) is 9.45. The normalized spacial score (nSPS) is 22.7. The topological polar surface area (TPSA) is 87.0 Å². The number of hydrogen-bond acceptors (Lipinski definition) is 4. The van der Waals surface area contributed by atoms with Gasteiger partial charge in [-0.2, -0.15) is 0 Å². The van der Waals surface area contributed by atoms with Crippen molar-refractivity contribution in [3.05, 3.63) is 94.3 Å². The highest BCUT2D eigenvalue weighted by molar-refractivity contribution is 9.10. The van der Waals surface area contributed by atoms with E-state index in [-0.39, 0.29) is 30.2 Å². The first kappa shape index (κ1) is 29.2. The van der Waals surface area contributed by atoms with E-state index in [0.717, 1.165) is 10.0 Å². The van der Waals surface area contributed by atoms with E-state index in [2.05, 4.69) is 15.9 Å². The number of aliphatic carboxylic acids is 1. The van der Waals surface area contributed by atoms with Crippen LogP contribution in [0.5, 0.6) is 0 Å². The molecule has 1 fully saturated rings. The highest BCUT2D eigenvalue weighted by atomic mass is 79.9. The first-order valence-electron chi connectivity index (χ1n) is 12.8. The first-order valence-corrected chi connectivity index (χ1v) is 13.6. The van der Waals surface area contributed by atoms with Crippen LogP contribution in [0.4, 0.5) is 4.39 Å². The summed E-state index contributed by atoms with van der Waals surface area (Å²) in [7, 11) is 0. The van der Waals surface area contributed by atoms with Crippen LogP contribution in [0.1, 0.15) is 49.7 Å². The monoisotopic (exact) mass is 574 g/mol. The lowest BCUT2D eigenvalue weighted by molar-refractivity contribution is -0.137. The van der Waals surface area contributed by atoms with Crippen LogP contribution in [0.25, 0.3) is 0 Å². The predicted octanol–water partition coefficient (Wildman–Crippen LogP) is 6.22. The van der Waals surface area contributed by atoms with Gasteiger partial charge in [0.1, 0.15) is 5.82 Å². The second kappa shape index (κ2) is 15.2. The van der Waals surface area contributed by atoms with Gasteiger partial charge in [-0.1, -0.05) is 76.6 Å². The van der Waals surface area contributed by atoms with Crippen molar-refractivity contribution in [1.82, 2.24) is 0 Å². The van der Waals surface area contributed by atoms with E-state index in [4.69, 9.17) is 9.84 Å². The number of rotatable bonds is 14.